The summed E-state index contributed by atoms with van der Waals surface area (Å²) in [7, 11) is 0. The SMILES string of the molecule is O=C(Nc1nc2c(s1)CCC2)c1ccc(OC(F)F)cc1. The van der Waals surface area contributed by atoms with Gasteiger partial charge in [-0.3, -0.25) is 10.1 Å². The number of aromatic nitrogens is 1. The van der Waals surface area contributed by atoms with Crippen molar-refractivity contribution in [3.63, 3.8) is 0 Å². The molecule has 0 radical (unpaired) electrons. The van der Waals surface area contributed by atoms with Gasteiger partial charge in [-0.15, -0.1) is 11.3 Å². The summed E-state index contributed by atoms with van der Waals surface area (Å²) in [5, 5.41) is 3.31. The second kappa shape index (κ2) is 5.77. The molecule has 3 rings (SSSR count). The second-order valence-electron chi connectivity index (χ2n) is 4.60. The highest BCUT2D eigenvalue weighted by Crippen LogP contribution is 2.30. The van der Waals surface area contributed by atoms with Gasteiger partial charge in [0.1, 0.15) is 5.75 Å². The largest absolute Gasteiger partial charge is 0.435 e. The third-order valence-corrected chi connectivity index (χ3v) is 4.23. The summed E-state index contributed by atoms with van der Waals surface area (Å²) in [4.78, 5) is 17.6. The number of alkyl halides is 2. The first-order valence-corrected chi connectivity index (χ1v) is 7.28. The van der Waals surface area contributed by atoms with Gasteiger partial charge in [-0.2, -0.15) is 8.78 Å². The molecule has 2 aromatic rings. The fraction of sp³-hybridized carbons (Fsp3) is 0.286. The van der Waals surface area contributed by atoms with Crippen LogP contribution in [0.15, 0.2) is 24.3 Å². The van der Waals surface area contributed by atoms with Crippen LogP contribution >= 0.6 is 11.3 Å². The van der Waals surface area contributed by atoms with Gasteiger partial charge in [-0.25, -0.2) is 4.98 Å². The molecule has 0 aliphatic heterocycles. The van der Waals surface area contributed by atoms with Gasteiger partial charge in [0, 0.05) is 10.4 Å². The van der Waals surface area contributed by atoms with Crippen LogP contribution in [0.4, 0.5) is 13.9 Å². The summed E-state index contributed by atoms with van der Waals surface area (Å²) in [5.74, 6) is -0.291. The van der Waals surface area contributed by atoms with Crippen molar-refractivity contribution in [2.24, 2.45) is 0 Å². The molecule has 1 aliphatic rings. The summed E-state index contributed by atoms with van der Waals surface area (Å²) >= 11 is 1.49. The quantitative estimate of drug-likeness (QED) is 0.940. The number of halogens is 2. The molecule has 1 amide bonds. The molecule has 1 heterocycles. The Hall–Kier alpha value is -2.02. The Morgan fingerprint density at radius 3 is 2.71 bits per heavy atom. The molecule has 110 valence electrons. The van der Waals surface area contributed by atoms with Crippen molar-refractivity contribution in [3.05, 3.63) is 40.4 Å². The van der Waals surface area contributed by atoms with E-state index in [0.717, 1.165) is 25.0 Å². The summed E-state index contributed by atoms with van der Waals surface area (Å²) in [6.07, 6.45) is 3.10. The van der Waals surface area contributed by atoms with E-state index in [1.54, 1.807) is 0 Å². The lowest BCUT2D eigenvalue weighted by atomic mass is 10.2. The molecular weight excluding hydrogens is 298 g/mol. The third-order valence-electron chi connectivity index (χ3n) is 3.16. The Labute approximate surface area is 123 Å². The minimum absolute atomic E-state index is 0.0229. The number of carbonyl (C=O) groups is 1. The number of hydrogen-bond donors (Lipinski definition) is 1. The van der Waals surface area contributed by atoms with Crippen molar-refractivity contribution >= 4 is 22.4 Å². The zero-order valence-electron chi connectivity index (χ0n) is 10.9. The van der Waals surface area contributed by atoms with Gasteiger partial charge in [0.25, 0.3) is 5.91 Å². The molecule has 0 fully saturated rings. The first kappa shape index (κ1) is 13.9. The van der Waals surface area contributed by atoms with Crippen LogP contribution in [0, 0.1) is 0 Å². The number of rotatable bonds is 4. The summed E-state index contributed by atoms with van der Waals surface area (Å²) < 4.78 is 28.3. The zero-order chi connectivity index (χ0) is 14.8. The van der Waals surface area contributed by atoms with Crippen LogP contribution in [-0.4, -0.2) is 17.5 Å². The summed E-state index contributed by atoms with van der Waals surface area (Å²) in [5.41, 5.74) is 1.43. The maximum atomic E-state index is 12.0. The number of fused-ring (bicyclic) bond motifs is 1. The topological polar surface area (TPSA) is 51.2 Å². The number of thiazole rings is 1. The van der Waals surface area contributed by atoms with E-state index in [2.05, 4.69) is 15.0 Å². The molecule has 0 bridgehead atoms. The molecule has 21 heavy (non-hydrogen) atoms. The molecule has 0 atom stereocenters. The van der Waals surface area contributed by atoms with Crippen LogP contribution in [0.2, 0.25) is 0 Å². The Balaban J connectivity index is 1.67. The first-order chi connectivity index (χ1) is 10.1. The number of anilines is 1. The van der Waals surface area contributed by atoms with Gasteiger partial charge in [0.05, 0.1) is 5.69 Å². The Morgan fingerprint density at radius 2 is 2.05 bits per heavy atom. The van der Waals surface area contributed by atoms with Crippen molar-refractivity contribution in [2.45, 2.75) is 25.9 Å². The van der Waals surface area contributed by atoms with Crippen molar-refractivity contribution in [1.29, 1.82) is 0 Å². The maximum absolute atomic E-state index is 12.0. The lowest BCUT2D eigenvalue weighted by Crippen LogP contribution is -2.11. The number of benzene rings is 1. The van der Waals surface area contributed by atoms with E-state index in [0.29, 0.717) is 10.7 Å². The van der Waals surface area contributed by atoms with Gasteiger partial charge in [0.15, 0.2) is 5.13 Å². The number of ether oxygens (including phenoxy) is 1. The highest BCUT2D eigenvalue weighted by Gasteiger charge is 2.18. The third kappa shape index (κ3) is 3.18. The van der Waals surface area contributed by atoms with Crippen LogP contribution in [0.1, 0.15) is 27.3 Å². The number of amides is 1. The minimum Gasteiger partial charge on any atom is -0.435 e. The molecule has 1 N–H and O–H groups in total. The van der Waals surface area contributed by atoms with Gasteiger partial charge >= 0.3 is 6.61 Å². The minimum atomic E-state index is -2.87. The molecular formula is C14H12F2N2O2S. The van der Waals surface area contributed by atoms with E-state index in [-0.39, 0.29) is 11.7 Å². The zero-order valence-corrected chi connectivity index (χ0v) is 11.8. The maximum Gasteiger partial charge on any atom is 0.387 e. The number of nitrogens with one attached hydrogen (secondary N) is 1. The van der Waals surface area contributed by atoms with E-state index >= 15 is 0 Å². The van der Waals surface area contributed by atoms with Crippen molar-refractivity contribution < 1.29 is 18.3 Å². The predicted octanol–water partition coefficient (Wildman–Crippen LogP) is 3.49. The molecule has 0 saturated carbocycles. The highest BCUT2D eigenvalue weighted by molar-refractivity contribution is 7.15. The van der Waals surface area contributed by atoms with Gasteiger partial charge in [-0.1, -0.05) is 0 Å². The Morgan fingerprint density at radius 1 is 1.29 bits per heavy atom. The smallest absolute Gasteiger partial charge is 0.387 e. The lowest BCUT2D eigenvalue weighted by Gasteiger charge is -2.05. The van der Waals surface area contributed by atoms with E-state index in [1.807, 2.05) is 0 Å². The molecule has 0 spiro atoms. The number of nitrogens with zero attached hydrogens (tertiary/aromatic N) is 1. The van der Waals surface area contributed by atoms with Gasteiger partial charge in [0.2, 0.25) is 0 Å². The van der Waals surface area contributed by atoms with Crippen LogP contribution in [0.5, 0.6) is 5.75 Å². The first-order valence-electron chi connectivity index (χ1n) is 6.46. The average molecular weight is 310 g/mol. The molecule has 0 unspecified atom stereocenters. The van der Waals surface area contributed by atoms with E-state index in [1.165, 1.54) is 40.5 Å². The standard InChI is InChI=1S/C14H12F2N2O2S/c15-13(16)20-9-6-4-8(5-7-9)12(19)18-14-17-10-2-1-3-11(10)21-14/h4-7,13H,1-3H2,(H,17,18,19). The fourth-order valence-corrected chi connectivity index (χ4v) is 3.25. The van der Waals surface area contributed by atoms with E-state index in [4.69, 9.17) is 0 Å². The number of carbonyl (C=O) groups excluding carboxylic acids is 1. The molecule has 7 heteroatoms. The van der Waals surface area contributed by atoms with Crippen molar-refractivity contribution in [1.82, 2.24) is 4.98 Å². The molecule has 1 aliphatic carbocycles. The van der Waals surface area contributed by atoms with Crippen LogP contribution in [0.25, 0.3) is 0 Å². The summed E-state index contributed by atoms with van der Waals surface area (Å²) in [6, 6.07) is 5.55. The summed E-state index contributed by atoms with van der Waals surface area (Å²) in [6.45, 7) is -2.87. The van der Waals surface area contributed by atoms with Crippen molar-refractivity contribution in [2.75, 3.05) is 5.32 Å². The number of aryl methyl sites for hydroxylation is 2. The van der Waals surface area contributed by atoms with E-state index in [9.17, 15) is 13.6 Å². The predicted molar refractivity (Wildman–Crippen MR) is 75.2 cm³/mol. The lowest BCUT2D eigenvalue weighted by molar-refractivity contribution is -0.0498. The fourth-order valence-electron chi connectivity index (χ4n) is 2.20. The van der Waals surface area contributed by atoms with Crippen molar-refractivity contribution in [3.8, 4) is 5.75 Å². The average Bonchev–Trinajstić information content (AvgIpc) is 2.99. The normalized spacial score (nSPS) is 13.3. The molecule has 0 saturated heterocycles. The van der Waals surface area contributed by atoms with Gasteiger partial charge in [-0.05, 0) is 43.5 Å². The van der Waals surface area contributed by atoms with Crippen LogP contribution < -0.4 is 10.1 Å². The Kier molecular flexibility index (Phi) is 3.83. The van der Waals surface area contributed by atoms with Crippen LogP contribution in [-0.2, 0) is 12.8 Å². The molecule has 1 aromatic heterocycles. The van der Waals surface area contributed by atoms with Gasteiger partial charge < -0.3 is 4.74 Å². The second-order valence-corrected chi connectivity index (χ2v) is 5.68. The van der Waals surface area contributed by atoms with Crippen LogP contribution in [0.3, 0.4) is 0 Å². The number of hydrogen-bond acceptors (Lipinski definition) is 4. The van der Waals surface area contributed by atoms with E-state index < -0.39 is 6.61 Å². The Bertz CT molecular complexity index is 634. The highest BCUT2D eigenvalue weighted by atomic mass is 32.1. The molecule has 4 nitrogen and oxygen atoms in total. The molecule has 1 aromatic carbocycles. The monoisotopic (exact) mass is 310 g/mol.